The van der Waals surface area contributed by atoms with Crippen LogP contribution in [0.25, 0.3) is 0 Å². The molecular formula is C16H18N2O4. The maximum atomic E-state index is 11.6. The van der Waals surface area contributed by atoms with Crippen molar-refractivity contribution in [3.63, 3.8) is 0 Å². The van der Waals surface area contributed by atoms with E-state index in [2.05, 4.69) is 5.32 Å². The minimum atomic E-state index is -0.683. The summed E-state index contributed by atoms with van der Waals surface area (Å²) in [6.45, 7) is 4.17. The lowest BCUT2D eigenvalue weighted by Crippen LogP contribution is -2.08. The van der Waals surface area contributed by atoms with Gasteiger partial charge in [0.25, 0.3) is 0 Å². The van der Waals surface area contributed by atoms with E-state index in [1.807, 2.05) is 6.92 Å². The molecule has 6 nitrogen and oxygen atoms in total. The Morgan fingerprint density at radius 2 is 1.91 bits per heavy atom. The van der Waals surface area contributed by atoms with Crippen LogP contribution in [-0.2, 0) is 14.3 Å². The zero-order valence-electron chi connectivity index (χ0n) is 12.6. The molecular weight excluding hydrogens is 284 g/mol. The van der Waals surface area contributed by atoms with Crippen molar-refractivity contribution in [1.29, 1.82) is 5.26 Å². The third-order valence-electron chi connectivity index (χ3n) is 2.56. The number of nitrogens with zero attached hydrogens (tertiary/aromatic N) is 1. The molecule has 0 aliphatic carbocycles. The van der Waals surface area contributed by atoms with E-state index < -0.39 is 5.97 Å². The van der Waals surface area contributed by atoms with Gasteiger partial charge in [0.15, 0.2) is 5.57 Å². The van der Waals surface area contributed by atoms with E-state index in [1.165, 1.54) is 6.20 Å². The van der Waals surface area contributed by atoms with Gasteiger partial charge in [0.2, 0.25) is 0 Å². The first kappa shape index (κ1) is 17.2. The van der Waals surface area contributed by atoms with Gasteiger partial charge in [0.05, 0.1) is 18.8 Å². The molecule has 0 saturated carbocycles. The summed E-state index contributed by atoms with van der Waals surface area (Å²) in [5.41, 5.74) is 0.936. The van der Waals surface area contributed by atoms with Gasteiger partial charge in [-0.2, -0.15) is 5.26 Å². The summed E-state index contributed by atoms with van der Waals surface area (Å²) in [4.78, 5) is 23.1. The Labute approximate surface area is 129 Å². The highest BCUT2D eigenvalue weighted by molar-refractivity contribution is 5.93. The van der Waals surface area contributed by atoms with Crippen molar-refractivity contribution in [1.82, 2.24) is 0 Å². The summed E-state index contributed by atoms with van der Waals surface area (Å²) in [5, 5.41) is 11.7. The molecule has 0 unspecified atom stereocenters. The number of rotatable bonds is 7. The molecule has 0 atom stereocenters. The van der Waals surface area contributed by atoms with Crippen molar-refractivity contribution >= 4 is 17.6 Å². The second-order valence-corrected chi connectivity index (χ2v) is 4.25. The molecule has 0 aliphatic heterocycles. The number of ether oxygens (including phenoxy) is 2. The second kappa shape index (κ2) is 9.19. The van der Waals surface area contributed by atoms with Gasteiger partial charge in [-0.05, 0) is 37.6 Å². The Hall–Kier alpha value is -2.81. The van der Waals surface area contributed by atoms with Gasteiger partial charge in [-0.15, -0.1) is 0 Å². The third kappa shape index (κ3) is 5.29. The van der Waals surface area contributed by atoms with Crippen LogP contribution >= 0.6 is 0 Å². The molecule has 1 N–H and O–H groups in total. The van der Waals surface area contributed by atoms with Gasteiger partial charge in [-0.25, -0.2) is 9.59 Å². The van der Waals surface area contributed by atoms with Crippen LogP contribution in [0.2, 0.25) is 0 Å². The van der Waals surface area contributed by atoms with Gasteiger partial charge in [0.1, 0.15) is 6.07 Å². The summed E-state index contributed by atoms with van der Waals surface area (Å²) >= 11 is 0. The Balaban J connectivity index is 2.69. The van der Waals surface area contributed by atoms with Crippen LogP contribution in [0.15, 0.2) is 36.0 Å². The number of hydrogen-bond acceptors (Lipinski definition) is 6. The average Bonchev–Trinajstić information content (AvgIpc) is 2.54. The standard InChI is InChI=1S/C16H18N2O4/c1-3-9-22-15(19)12-5-7-14(8-6-12)18-11-13(10-17)16(20)21-4-2/h5-8,11,18H,3-4,9H2,1-2H3/b13-11+. The van der Waals surface area contributed by atoms with Crippen molar-refractivity contribution in [2.45, 2.75) is 20.3 Å². The van der Waals surface area contributed by atoms with Crippen molar-refractivity contribution in [2.24, 2.45) is 0 Å². The maximum Gasteiger partial charge on any atom is 0.350 e. The Morgan fingerprint density at radius 1 is 1.23 bits per heavy atom. The molecule has 116 valence electrons. The van der Waals surface area contributed by atoms with Crippen LogP contribution in [0.3, 0.4) is 0 Å². The molecule has 0 saturated heterocycles. The molecule has 0 aliphatic rings. The van der Waals surface area contributed by atoms with Crippen LogP contribution < -0.4 is 5.32 Å². The number of esters is 2. The van der Waals surface area contributed by atoms with E-state index in [0.29, 0.717) is 17.9 Å². The fourth-order valence-corrected chi connectivity index (χ4v) is 1.48. The zero-order valence-corrected chi connectivity index (χ0v) is 12.6. The lowest BCUT2D eigenvalue weighted by Gasteiger charge is -2.05. The van der Waals surface area contributed by atoms with Gasteiger partial charge >= 0.3 is 11.9 Å². The van der Waals surface area contributed by atoms with Crippen LogP contribution in [0.1, 0.15) is 30.6 Å². The SMILES string of the molecule is CCCOC(=O)c1ccc(N/C=C(\C#N)C(=O)OCC)cc1. The van der Waals surface area contributed by atoms with E-state index in [0.717, 1.165) is 6.42 Å². The average molecular weight is 302 g/mol. The van der Waals surface area contributed by atoms with Crippen molar-refractivity contribution in [3.05, 3.63) is 41.6 Å². The first-order valence-electron chi connectivity index (χ1n) is 6.93. The number of anilines is 1. The normalized spacial score (nSPS) is 10.5. The van der Waals surface area contributed by atoms with Crippen molar-refractivity contribution in [2.75, 3.05) is 18.5 Å². The highest BCUT2D eigenvalue weighted by Crippen LogP contribution is 2.11. The van der Waals surface area contributed by atoms with Crippen LogP contribution in [-0.4, -0.2) is 25.2 Å². The van der Waals surface area contributed by atoms with E-state index >= 15 is 0 Å². The molecule has 0 spiro atoms. The third-order valence-corrected chi connectivity index (χ3v) is 2.56. The van der Waals surface area contributed by atoms with Crippen molar-refractivity contribution in [3.8, 4) is 6.07 Å². The Morgan fingerprint density at radius 3 is 2.45 bits per heavy atom. The highest BCUT2D eigenvalue weighted by atomic mass is 16.5. The van der Waals surface area contributed by atoms with Gasteiger partial charge in [-0.3, -0.25) is 0 Å². The number of nitriles is 1. The van der Waals surface area contributed by atoms with Gasteiger partial charge in [-0.1, -0.05) is 6.92 Å². The molecule has 1 aromatic rings. The Bertz CT molecular complexity index is 585. The molecule has 1 rings (SSSR count). The zero-order chi connectivity index (χ0) is 16.4. The summed E-state index contributed by atoms with van der Waals surface area (Å²) in [6.07, 6.45) is 2.03. The predicted molar refractivity (Wildman–Crippen MR) is 81.0 cm³/mol. The number of carbonyl (C=O) groups excluding carboxylic acids is 2. The molecule has 0 fully saturated rings. The van der Waals surface area contributed by atoms with E-state index in [4.69, 9.17) is 14.7 Å². The molecule has 0 bridgehead atoms. The largest absolute Gasteiger partial charge is 0.462 e. The smallest absolute Gasteiger partial charge is 0.350 e. The topological polar surface area (TPSA) is 88.4 Å². The molecule has 22 heavy (non-hydrogen) atoms. The predicted octanol–water partition coefficient (Wildman–Crippen LogP) is 2.64. The number of nitrogens with one attached hydrogen (secondary N) is 1. The van der Waals surface area contributed by atoms with Crippen LogP contribution in [0, 0.1) is 11.3 Å². The molecule has 0 heterocycles. The molecule has 0 amide bonds. The molecule has 1 aromatic carbocycles. The second-order valence-electron chi connectivity index (χ2n) is 4.25. The summed E-state index contributed by atoms with van der Waals surface area (Å²) < 4.78 is 9.76. The quantitative estimate of drug-likeness (QED) is 0.473. The summed E-state index contributed by atoms with van der Waals surface area (Å²) in [5.74, 6) is -1.06. The molecule has 0 aromatic heterocycles. The summed E-state index contributed by atoms with van der Waals surface area (Å²) in [7, 11) is 0. The Kier molecular flexibility index (Phi) is 7.20. The van der Waals surface area contributed by atoms with Crippen LogP contribution in [0.4, 0.5) is 5.69 Å². The van der Waals surface area contributed by atoms with E-state index in [-0.39, 0.29) is 18.1 Å². The number of hydrogen-bond donors (Lipinski definition) is 1. The lowest BCUT2D eigenvalue weighted by atomic mass is 10.2. The lowest BCUT2D eigenvalue weighted by molar-refractivity contribution is -0.138. The number of carbonyl (C=O) groups is 2. The van der Waals surface area contributed by atoms with Crippen LogP contribution in [0.5, 0.6) is 0 Å². The number of benzene rings is 1. The van der Waals surface area contributed by atoms with Gasteiger partial charge in [0, 0.05) is 11.9 Å². The van der Waals surface area contributed by atoms with E-state index in [9.17, 15) is 9.59 Å². The maximum absolute atomic E-state index is 11.6. The molecule has 6 heteroatoms. The fraction of sp³-hybridized carbons (Fsp3) is 0.312. The summed E-state index contributed by atoms with van der Waals surface area (Å²) in [6, 6.07) is 8.27. The minimum Gasteiger partial charge on any atom is -0.462 e. The highest BCUT2D eigenvalue weighted by Gasteiger charge is 2.09. The molecule has 0 radical (unpaired) electrons. The monoisotopic (exact) mass is 302 g/mol. The first-order chi connectivity index (χ1) is 10.6. The fourth-order valence-electron chi connectivity index (χ4n) is 1.48. The first-order valence-corrected chi connectivity index (χ1v) is 6.93. The minimum absolute atomic E-state index is 0.131. The van der Waals surface area contributed by atoms with Crippen molar-refractivity contribution < 1.29 is 19.1 Å². The van der Waals surface area contributed by atoms with E-state index in [1.54, 1.807) is 37.3 Å². The van der Waals surface area contributed by atoms with Gasteiger partial charge < -0.3 is 14.8 Å².